The van der Waals surface area contributed by atoms with E-state index in [2.05, 4.69) is 24.1 Å². The van der Waals surface area contributed by atoms with Gasteiger partial charge in [0.15, 0.2) is 0 Å². The molecule has 2 unspecified atom stereocenters. The summed E-state index contributed by atoms with van der Waals surface area (Å²) in [7, 11) is 0. The Bertz CT molecular complexity index is 185. The third kappa shape index (κ3) is 2.29. The van der Waals surface area contributed by atoms with Crippen LogP contribution < -0.4 is 5.32 Å². The van der Waals surface area contributed by atoms with Crippen molar-refractivity contribution in [3.63, 3.8) is 0 Å². The van der Waals surface area contributed by atoms with Gasteiger partial charge in [0.1, 0.15) is 0 Å². The Hall–Kier alpha value is -0.0800. The van der Waals surface area contributed by atoms with Crippen LogP contribution in [0.4, 0.5) is 0 Å². The van der Waals surface area contributed by atoms with Crippen molar-refractivity contribution in [3.05, 3.63) is 0 Å². The third-order valence-corrected chi connectivity index (χ3v) is 3.95. The molecule has 0 aromatic heterocycles. The van der Waals surface area contributed by atoms with E-state index < -0.39 is 0 Å². The topological polar surface area (TPSA) is 15.3 Å². The van der Waals surface area contributed by atoms with Gasteiger partial charge >= 0.3 is 0 Å². The molecule has 2 fully saturated rings. The minimum atomic E-state index is 0.400. The monoisotopic (exact) mass is 196 g/mol. The molecule has 82 valence electrons. The molecule has 0 spiro atoms. The van der Waals surface area contributed by atoms with Crippen molar-refractivity contribution >= 4 is 0 Å². The highest BCUT2D eigenvalue weighted by molar-refractivity contribution is 4.91. The molecule has 0 aromatic carbocycles. The van der Waals surface area contributed by atoms with Gasteiger partial charge in [0.25, 0.3) is 0 Å². The van der Waals surface area contributed by atoms with Crippen LogP contribution in [0.1, 0.15) is 46.0 Å². The van der Waals surface area contributed by atoms with Crippen molar-refractivity contribution in [2.45, 2.75) is 57.5 Å². The highest BCUT2D eigenvalue weighted by Crippen LogP contribution is 2.24. The highest BCUT2D eigenvalue weighted by atomic mass is 15.2. The molecule has 0 aromatic rings. The molecule has 0 radical (unpaired) electrons. The smallest absolute Gasteiger partial charge is 0.0280 e. The van der Waals surface area contributed by atoms with Crippen molar-refractivity contribution in [2.75, 3.05) is 19.6 Å². The van der Waals surface area contributed by atoms with Crippen LogP contribution >= 0.6 is 0 Å². The number of piperidine rings is 1. The normalized spacial score (nSPS) is 40.3. The summed E-state index contributed by atoms with van der Waals surface area (Å²) in [5, 5.41) is 3.70. The lowest BCUT2D eigenvalue weighted by molar-refractivity contribution is 0.159. The molecule has 2 aliphatic rings. The van der Waals surface area contributed by atoms with Crippen LogP contribution in [0.15, 0.2) is 0 Å². The van der Waals surface area contributed by atoms with E-state index in [9.17, 15) is 0 Å². The van der Waals surface area contributed by atoms with Crippen LogP contribution in [-0.2, 0) is 0 Å². The first-order valence-corrected chi connectivity index (χ1v) is 6.19. The Balaban J connectivity index is 1.88. The van der Waals surface area contributed by atoms with Crippen molar-refractivity contribution in [2.24, 2.45) is 0 Å². The van der Waals surface area contributed by atoms with Crippen molar-refractivity contribution in [1.29, 1.82) is 0 Å². The summed E-state index contributed by atoms with van der Waals surface area (Å²) in [6, 6.07) is 0.815. The fraction of sp³-hybridized carbons (Fsp3) is 1.00. The molecule has 14 heavy (non-hydrogen) atoms. The van der Waals surface area contributed by atoms with E-state index >= 15 is 0 Å². The number of hydrogen-bond acceptors (Lipinski definition) is 2. The zero-order chi connectivity index (χ0) is 10.0. The average molecular weight is 196 g/mol. The number of rotatable bonds is 2. The summed E-state index contributed by atoms with van der Waals surface area (Å²) in [6.07, 6.45) is 6.93. The largest absolute Gasteiger partial charge is 0.310 e. The van der Waals surface area contributed by atoms with Crippen LogP contribution in [0.3, 0.4) is 0 Å². The van der Waals surface area contributed by atoms with Gasteiger partial charge < -0.3 is 5.32 Å². The first-order valence-electron chi connectivity index (χ1n) is 6.19. The van der Waals surface area contributed by atoms with Crippen LogP contribution in [-0.4, -0.2) is 36.1 Å². The van der Waals surface area contributed by atoms with Gasteiger partial charge in [-0.2, -0.15) is 0 Å². The Kier molecular flexibility index (Phi) is 3.13. The zero-order valence-corrected chi connectivity index (χ0v) is 9.68. The standard InChI is InChI=1S/C12H24N2/c1-11-6-5-9-14(11)10-12(2)7-3-4-8-13-12/h11,13H,3-10H2,1-2H3. The van der Waals surface area contributed by atoms with Crippen molar-refractivity contribution < 1.29 is 0 Å². The summed E-state index contributed by atoms with van der Waals surface area (Å²) >= 11 is 0. The van der Waals surface area contributed by atoms with Gasteiger partial charge in [-0.1, -0.05) is 6.42 Å². The van der Waals surface area contributed by atoms with Gasteiger partial charge in [0, 0.05) is 18.1 Å². The van der Waals surface area contributed by atoms with E-state index in [1.165, 1.54) is 51.7 Å². The minimum Gasteiger partial charge on any atom is -0.310 e. The average Bonchev–Trinajstić information content (AvgIpc) is 2.52. The Morgan fingerprint density at radius 1 is 1.36 bits per heavy atom. The van der Waals surface area contributed by atoms with Crippen molar-refractivity contribution in [1.82, 2.24) is 10.2 Å². The van der Waals surface area contributed by atoms with Crippen LogP contribution in [0.5, 0.6) is 0 Å². The fourth-order valence-corrected chi connectivity index (χ4v) is 2.93. The molecular weight excluding hydrogens is 172 g/mol. The van der Waals surface area contributed by atoms with E-state index in [-0.39, 0.29) is 0 Å². The number of nitrogens with one attached hydrogen (secondary N) is 1. The van der Waals surface area contributed by atoms with Crippen molar-refractivity contribution in [3.8, 4) is 0 Å². The van der Waals surface area contributed by atoms with Crippen LogP contribution in [0, 0.1) is 0 Å². The first-order chi connectivity index (χ1) is 6.70. The minimum absolute atomic E-state index is 0.400. The molecule has 0 saturated carbocycles. The maximum absolute atomic E-state index is 3.70. The van der Waals surface area contributed by atoms with E-state index in [4.69, 9.17) is 0 Å². The molecule has 2 heteroatoms. The van der Waals surface area contributed by atoms with E-state index in [0.29, 0.717) is 5.54 Å². The molecule has 2 atom stereocenters. The Morgan fingerprint density at radius 2 is 2.21 bits per heavy atom. The van der Waals surface area contributed by atoms with E-state index in [0.717, 1.165) is 6.04 Å². The van der Waals surface area contributed by atoms with Gasteiger partial charge in [-0.25, -0.2) is 0 Å². The molecule has 0 aliphatic carbocycles. The second-order valence-corrected chi connectivity index (χ2v) is 5.41. The lowest BCUT2D eigenvalue weighted by atomic mass is 9.90. The molecule has 1 N–H and O–H groups in total. The molecule has 2 rings (SSSR count). The molecule has 2 aliphatic heterocycles. The van der Waals surface area contributed by atoms with E-state index in [1.807, 2.05) is 0 Å². The molecular formula is C12H24N2. The number of hydrogen-bond donors (Lipinski definition) is 1. The maximum Gasteiger partial charge on any atom is 0.0280 e. The predicted octanol–water partition coefficient (Wildman–Crippen LogP) is 2.00. The summed E-state index contributed by atoms with van der Waals surface area (Å²) in [5.74, 6) is 0. The fourth-order valence-electron chi connectivity index (χ4n) is 2.93. The van der Waals surface area contributed by atoms with Crippen LogP contribution in [0.2, 0.25) is 0 Å². The summed E-state index contributed by atoms with van der Waals surface area (Å²) in [4.78, 5) is 2.66. The van der Waals surface area contributed by atoms with Gasteiger partial charge in [-0.05, 0) is 52.6 Å². The molecule has 2 nitrogen and oxygen atoms in total. The number of nitrogens with zero attached hydrogens (tertiary/aromatic N) is 1. The predicted molar refractivity (Wildman–Crippen MR) is 60.5 cm³/mol. The first kappa shape index (κ1) is 10.4. The van der Waals surface area contributed by atoms with Gasteiger partial charge in [-0.15, -0.1) is 0 Å². The maximum atomic E-state index is 3.70. The van der Waals surface area contributed by atoms with Gasteiger partial charge in [0.05, 0.1) is 0 Å². The Labute approximate surface area is 88.1 Å². The van der Waals surface area contributed by atoms with Gasteiger partial charge in [0.2, 0.25) is 0 Å². The zero-order valence-electron chi connectivity index (χ0n) is 9.68. The molecule has 0 amide bonds. The second kappa shape index (κ2) is 4.19. The quantitative estimate of drug-likeness (QED) is 0.727. The molecule has 0 bridgehead atoms. The SMILES string of the molecule is CC1CCCN1CC1(C)CCCCN1. The lowest BCUT2D eigenvalue weighted by Gasteiger charge is -2.39. The summed E-state index contributed by atoms with van der Waals surface area (Å²) in [5.41, 5.74) is 0.400. The Morgan fingerprint density at radius 3 is 2.79 bits per heavy atom. The summed E-state index contributed by atoms with van der Waals surface area (Å²) < 4.78 is 0. The summed E-state index contributed by atoms with van der Waals surface area (Å²) in [6.45, 7) is 8.57. The molecule has 2 heterocycles. The van der Waals surface area contributed by atoms with Crippen LogP contribution in [0.25, 0.3) is 0 Å². The lowest BCUT2D eigenvalue weighted by Crippen LogP contribution is -2.54. The number of likely N-dealkylation sites (tertiary alicyclic amines) is 1. The van der Waals surface area contributed by atoms with E-state index in [1.54, 1.807) is 0 Å². The third-order valence-electron chi connectivity index (χ3n) is 3.95. The highest BCUT2D eigenvalue weighted by Gasteiger charge is 2.31. The molecule has 2 saturated heterocycles. The second-order valence-electron chi connectivity index (χ2n) is 5.41. The van der Waals surface area contributed by atoms with Gasteiger partial charge in [-0.3, -0.25) is 4.90 Å².